The van der Waals surface area contributed by atoms with Crippen molar-refractivity contribution < 1.29 is 9.90 Å². The van der Waals surface area contributed by atoms with Crippen LogP contribution in [0.15, 0.2) is 73.1 Å². The summed E-state index contributed by atoms with van der Waals surface area (Å²) in [4.78, 5) is 20.8. The van der Waals surface area contributed by atoms with E-state index in [1.54, 1.807) is 14.0 Å². The third kappa shape index (κ3) is 3.80. The van der Waals surface area contributed by atoms with Crippen molar-refractivity contribution in [1.82, 2.24) is 15.3 Å². The molecule has 138 valence electrons. The average molecular weight is 362 g/mol. The molecule has 3 rings (SSSR count). The van der Waals surface area contributed by atoms with Crippen LogP contribution in [0.2, 0.25) is 0 Å². The number of carbonyl (C=O) groups is 1. The standard InChI is InChI=1S/C21H22N4O2/c1-15(25-19(26)16-13-23-20(22-2)24-14-16)21(27,17-9-5-3-6-10-17)18-11-7-4-8-12-18/h3-15,27H,1-2H3,(H,25,26)(H,22,23,24)/t15-/m1/s1. The first kappa shape index (κ1) is 18.5. The van der Waals surface area contributed by atoms with Crippen LogP contribution in [0.4, 0.5) is 5.95 Å². The van der Waals surface area contributed by atoms with Gasteiger partial charge in [0.1, 0.15) is 5.60 Å². The summed E-state index contributed by atoms with van der Waals surface area (Å²) in [6.45, 7) is 1.78. The summed E-state index contributed by atoms with van der Waals surface area (Å²) < 4.78 is 0. The van der Waals surface area contributed by atoms with Crippen LogP contribution in [0.5, 0.6) is 0 Å². The molecule has 0 aliphatic heterocycles. The Morgan fingerprint density at radius 3 is 1.89 bits per heavy atom. The maximum Gasteiger partial charge on any atom is 0.254 e. The molecule has 1 aromatic heterocycles. The second-order valence-corrected chi connectivity index (χ2v) is 6.24. The fraction of sp³-hybridized carbons (Fsp3) is 0.190. The van der Waals surface area contributed by atoms with Gasteiger partial charge in [0, 0.05) is 19.4 Å². The summed E-state index contributed by atoms with van der Waals surface area (Å²) in [6.07, 6.45) is 2.90. The number of anilines is 1. The normalized spacial score (nSPS) is 12.3. The lowest BCUT2D eigenvalue weighted by Crippen LogP contribution is -2.49. The summed E-state index contributed by atoms with van der Waals surface area (Å²) in [5, 5.41) is 17.3. The van der Waals surface area contributed by atoms with E-state index in [-0.39, 0.29) is 5.91 Å². The van der Waals surface area contributed by atoms with Gasteiger partial charge in [-0.3, -0.25) is 4.79 Å². The van der Waals surface area contributed by atoms with Gasteiger partial charge in [-0.1, -0.05) is 60.7 Å². The van der Waals surface area contributed by atoms with Crippen molar-refractivity contribution in [2.75, 3.05) is 12.4 Å². The molecule has 0 saturated heterocycles. The van der Waals surface area contributed by atoms with Crippen molar-refractivity contribution in [2.24, 2.45) is 0 Å². The molecule has 1 amide bonds. The SMILES string of the molecule is CNc1ncc(C(=O)N[C@H](C)C(O)(c2ccccc2)c2ccccc2)cn1. The van der Waals surface area contributed by atoms with Gasteiger partial charge in [-0.15, -0.1) is 0 Å². The Balaban J connectivity index is 1.91. The van der Waals surface area contributed by atoms with Crippen LogP contribution in [0, 0.1) is 0 Å². The number of rotatable bonds is 6. The molecule has 3 aromatic rings. The molecule has 1 heterocycles. The Hall–Kier alpha value is -3.25. The molecule has 2 aromatic carbocycles. The van der Waals surface area contributed by atoms with Gasteiger partial charge in [0.25, 0.3) is 5.91 Å². The largest absolute Gasteiger partial charge is 0.378 e. The van der Waals surface area contributed by atoms with Gasteiger partial charge in [-0.05, 0) is 18.1 Å². The van der Waals surface area contributed by atoms with Gasteiger partial charge in [-0.25, -0.2) is 9.97 Å². The number of benzene rings is 2. The molecule has 3 N–H and O–H groups in total. The predicted octanol–water partition coefficient (Wildman–Crippen LogP) is 2.57. The molecular formula is C21H22N4O2. The minimum atomic E-state index is -1.38. The number of hydrogen-bond acceptors (Lipinski definition) is 5. The Morgan fingerprint density at radius 1 is 0.963 bits per heavy atom. The number of amides is 1. The fourth-order valence-electron chi connectivity index (χ4n) is 3.01. The van der Waals surface area contributed by atoms with Crippen LogP contribution < -0.4 is 10.6 Å². The maximum absolute atomic E-state index is 12.6. The van der Waals surface area contributed by atoms with E-state index in [1.807, 2.05) is 60.7 Å². The zero-order valence-electron chi connectivity index (χ0n) is 15.3. The van der Waals surface area contributed by atoms with Gasteiger partial charge in [-0.2, -0.15) is 0 Å². The first-order valence-corrected chi connectivity index (χ1v) is 8.69. The van der Waals surface area contributed by atoms with Gasteiger partial charge < -0.3 is 15.7 Å². The van der Waals surface area contributed by atoms with E-state index in [0.29, 0.717) is 22.6 Å². The summed E-state index contributed by atoms with van der Waals surface area (Å²) in [5.74, 6) is 0.0834. The summed E-state index contributed by atoms with van der Waals surface area (Å²) in [6, 6.07) is 18.0. The molecule has 0 radical (unpaired) electrons. The Kier molecular flexibility index (Phi) is 5.47. The van der Waals surface area contributed by atoms with Crippen molar-refractivity contribution in [3.05, 3.63) is 89.7 Å². The molecule has 0 aliphatic carbocycles. The summed E-state index contributed by atoms with van der Waals surface area (Å²) >= 11 is 0. The van der Waals surface area contributed by atoms with E-state index in [1.165, 1.54) is 12.4 Å². The van der Waals surface area contributed by atoms with Gasteiger partial charge in [0.15, 0.2) is 0 Å². The third-order valence-corrected chi connectivity index (χ3v) is 4.54. The molecular weight excluding hydrogens is 340 g/mol. The molecule has 6 nitrogen and oxygen atoms in total. The molecule has 1 atom stereocenters. The molecule has 0 spiro atoms. The molecule has 27 heavy (non-hydrogen) atoms. The summed E-state index contributed by atoms with van der Waals surface area (Å²) in [7, 11) is 1.71. The molecule has 0 bridgehead atoms. The Bertz CT molecular complexity index is 844. The van der Waals surface area contributed by atoms with E-state index in [9.17, 15) is 9.90 Å². The Morgan fingerprint density at radius 2 is 1.44 bits per heavy atom. The average Bonchev–Trinajstić information content (AvgIpc) is 2.74. The lowest BCUT2D eigenvalue weighted by molar-refractivity contribution is 0.0404. The highest BCUT2D eigenvalue weighted by molar-refractivity contribution is 5.94. The van der Waals surface area contributed by atoms with Crippen molar-refractivity contribution >= 4 is 11.9 Å². The monoisotopic (exact) mass is 362 g/mol. The first-order chi connectivity index (χ1) is 13.1. The van der Waals surface area contributed by atoms with Crippen LogP contribution >= 0.6 is 0 Å². The third-order valence-electron chi connectivity index (χ3n) is 4.54. The summed E-state index contributed by atoms with van der Waals surface area (Å²) in [5.41, 5.74) is 0.338. The Labute approximate surface area is 158 Å². The van der Waals surface area contributed by atoms with E-state index < -0.39 is 11.6 Å². The van der Waals surface area contributed by atoms with Crippen LogP contribution in [-0.2, 0) is 5.60 Å². The van der Waals surface area contributed by atoms with Crippen LogP contribution in [-0.4, -0.2) is 34.1 Å². The van der Waals surface area contributed by atoms with E-state index in [2.05, 4.69) is 20.6 Å². The molecule has 0 unspecified atom stereocenters. The number of nitrogens with zero attached hydrogens (tertiary/aromatic N) is 2. The molecule has 6 heteroatoms. The van der Waals surface area contributed by atoms with E-state index >= 15 is 0 Å². The first-order valence-electron chi connectivity index (χ1n) is 8.69. The van der Waals surface area contributed by atoms with Gasteiger partial charge in [0.05, 0.1) is 11.6 Å². The highest BCUT2D eigenvalue weighted by atomic mass is 16.3. The van der Waals surface area contributed by atoms with Crippen LogP contribution in [0.25, 0.3) is 0 Å². The second kappa shape index (κ2) is 7.97. The predicted molar refractivity (Wildman–Crippen MR) is 104 cm³/mol. The number of nitrogens with one attached hydrogen (secondary N) is 2. The molecule has 0 saturated carbocycles. The topological polar surface area (TPSA) is 87.1 Å². The van der Waals surface area contributed by atoms with Crippen molar-refractivity contribution in [3.8, 4) is 0 Å². The lowest BCUT2D eigenvalue weighted by Gasteiger charge is -2.35. The van der Waals surface area contributed by atoms with Crippen LogP contribution in [0.1, 0.15) is 28.4 Å². The highest BCUT2D eigenvalue weighted by Crippen LogP contribution is 2.33. The zero-order chi connectivity index (χ0) is 19.3. The van der Waals surface area contributed by atoms with Crippen molar-refractivity contribution in [1.29, 1.82) is 0 Å². The van der Waals surface area contributed by atoms with Crippen molar-refractivity contribution in [3.63, 3.8) is 0 Å². The smallest absolute Gasteiger partial charge is 0.254 e. The maximum atomic E-state index is 12.6. The zero-order valence-corrected chi connectivity index (χ0v) is 15.3. The van der Waals surface area contributed by atoms with Gasteiger partial charge >= 0.3 is 0 Å². The fourth-order valence-corrected chi connectivity index (χ4v) is 3.01. The lowest BCUT2D eigenvalue weighted by atomic mass is 9.80. The second-order valence-electron chi connectivity index (χ2n) is 6.24. The minimum Gasteiger partial charge on any atom is -0.378 e. The number of hydrogen-bond donors (Lipinski definition) is 3. The van der Waals surface area contributed by atoms with E-state index in [4.69, 9.17) is 0 Å². The number of aliphatic hydroxyl groups is 1. The highest BCUT2D eigenvalue weighted by Gasteiger charge is 2.38. The quantitative estimate of drug-likeness (QED) is 0.627. The molecule has 0 aliphatic rings. The van der Waals surface area contributed by atoms with Gasteiger partial charge in [0.2, 0.25) is 5.95 Å². The minimum absolute atomic E-state index is 0.323. The number of carbonyl (C=O) groups excluding carboxylic acids is 1. The van der Waals surface area contributed by atoms with Crippen LogP contribution in [0.3, 0.4) is 0 Å². The van der Waals surface area contributed by atoms with Crippen molar-refractivity contribution in [2.45, 2.75) is 18.6 Å². The number of aromatic nitrogens is 2. The molecule has 0 fully saturated rings. The van der Waals surface area contributed by atoms with E-state index in [0.717, 1.165) is 0 Å².